The maximum absolute atomic E-state index is 9.41. The van der Waals surface area contributed by atoms with Crippen molar-refractivity contribution in [2.45, 2.75) is 19.0 Å². The molecule has 3 nitrogen and oxygen atoms in total. The predicted octanol–water partition coefficient (Wildman–Crippen LogP) is 3.43. The molecule has 0 aliphatic carbocycles. The fraction of sp³-hybridized carbons (Fsp3) is 0.286. The Labute approximate surface area is 115 Å². The first-order valence-electron chi connectivity index (χ1n) is 5.86. The normalized spacial score (nSPS) is 14.4. The molecule has 1 heterocycles. The van der Waals surface area contributed by atoms with Gasteiger partial charge in [-0.3, -0.25) is 5.32 Å². The highest BCUT2D eigenvalue weighted by Gasteiger charge is 2.16. The summed E-state index contributed by atoms with van der Waals surface area (Å²) in [6.07, 6.45) is 1.62. The summed E-state index contributed by atoms with van der Waals surface area (Å²) in [5.74, 6) is 0.751. The van der Waals surface area contributed by atoms with Gasteiger partial charge in [0.15, 0.2) is 0 Å². The molecule has 0 aliphatic heterocycles. The zero-order valence-electron chi connectivity index (χ0n) is 10.1. The highest BCUT2D eigenvalue weighted by molar-refractivity contribution is 9.10. The van der Waals surface area contributed by atoms with E-state index in [0.29, 0.717) is 0 Å². The van der Waals surface area contributed by atoms with Gasteiger partial charge in [0.1, 0.15) is 5.76 Å². The molecule has 0 saturated carbocycles. The number of halogens is 1. The van der Waals surface area contributed by atoms with Crippen LogP contribution in [0.5, 0.6) is 0 Å². The molecule has 96 valence electrons. The van der Waals surface area contributed by atoms with Gasteiger partial charge in [0.2, 0.25) is 0 Å². The highest BCUT2D eigenvalue weighted by atomic mass is 79.9. The maximum atomic E-state index is 9.41. The van der Waals surface area contributed by atoms with E-state index in [-0.39, 0.29) is 18.7 Å². The molecule has 2 N–H and O–H groups in total. The number of aliphatic hydroxyl groups is 1. The van der Waals surface area contributed by atoms with Crippen LogP contribution in [0.1, 0.15) is 30.3 Å². The topological polar surface area (TPSA) is 45.4 Å². The lowest BCUT2D eigenvalue weighted by molar-refractivity contribution is 0.217. The van der Waals surface area contributed by atoms with Crippen LogP contribution in [0.25, 0.3) is 0 Å². The van der Waals surface area contributed by atoms with Gasteiger partial charge in [-0.05, 0) is 36.8 Å². The minimum Gasteiger partial charge on any atom is -0.468 e. The number of rotatable bonds is 5. The first-order valence-corrected chi connectivity index (χ1v) is 6.66. The van der Waals surface area contributed by atoms with Crippen molar-refractivity contribution in [3.05, 3.63) is 58.5 Å². The van der Waals surface area contributed by atoms with Crippen molar-refractivity contribution in [3.63, 3.8) is 0 Å². The van der Waals surface area contributed by atoms with Crippen molar-refractivity contribution in [1.82, 2.24) is 5.32 Å². The SMILES string of the molecule is CC(NC(CO)c1ccco1)c1ccc(Br)cc1. The first-order chi connectivity index (χ1) is 8.70. The third-order valence-electron chi connectivity index (χ3n) is 2.89. The van der Waals surface area contributed by atoms with Crippen molar-refractivity contribution in [3.8, 4) is 0 Å². The van der Waals surface area contributed by atoms with Crippen LogP contribution in [0.3, 0.4) is 0 Å². The van der Waals surface area contributed by atoms with Crippen LogP contribution in [0.4, 0.5) is 0 Å². The summed E-state index contributed by atoms with van der Waals surface area (Å²) in [4.78, 5) is 0. The van der Waals surface area contributed by atoms with Crippen molar-refractivity contribution in [2.24, 2.45) is 0 Å². The summed E-state index contributed by atoms with van der Waals surface area (Å²) >= 11 is 3.42. The van der Waals surface area contributed by atoms with Crippen LogP contribution < -0.4 is 5.32 Å². The van der Waals surface area contributed by atoms with E-state index < -0.39 is 0 Å². The lowest BCUT2D eigenvalue weighted by Crippen LogP contribution is -2.26. The van der Waals surface area contributed by atoms with Crippen LogP contribution in [0.2, 0.25) is 0 Å². The number of hydrogen-bond donors (Lipinski definition) is 2. The summed E-state index contributed by atoms with van der Waals surface area (Å²) in [6.45, 7) is 2.07. The number of nitrogens with one attached hydrogen (secondary N) is 1. The lowest BCUT2D eigenvalue weighted by Gasteiger charge is -2.20. The molecular weight excluding hydrogens is 294 g/mol. The summed E-state index contributed by atoms with van der Waals surface area (Å²) in [6, 6.07) is 11.8. The van der Waals surface area contributed by atoms with E-state index in [1.807, 2.05) is 24.3 Å². The molecule has 0 amide bonds. The maximum Gasteiger partial charge on any atom is 0.123 e. The Morgan fingerprint density at radius 3 is 2.56 bits per heavy atom. The molecule has 18 heavy (non-hydrogen) atoms. The van der Waals surface area contributed by atoms with Gasteiger partial charge in [-0.15, -0.1) is 0 Å². The molecule has 2 unspecified atom stereocenters. The average Bonchev–Trinajstić information content (AvgIpc) is 2.90. The molecule has 2 atom stereocenters. The van der Waals surface area contributed by atoms with Crippen LogP contribution in [0.15, 0.2) is 51.6 Å². The standard InChI is InChI=1S/C14H16BrNO2/c1-10(11-4-6-12(15)7-5-11)16-13(9-17)14-3-2-8-18-14/h2-8,10,13,16-17H,9H2,1H3. The molecule has 4 heteroatoms. The molecular formula is C14H16BrNO2. The van der Waals surface area contributed by atoms with Crippen LogP contribution in [-0.4, -0.2) is 11.7 Å². The third-order valence-corrected chi connectivity index (χ3v) is 3.42. The summed E-state index contributed by atoms with van der Waals surface area (Å²) in [7, 11) is 0. The van der Waals surface area contributed by atoms with Crippen molar-refractivity contribution < 1.29 is 9.52 Å². The fourth-order valence-electron chi connectivity index (χ4n) is 1.86. The average molecular weight is 310 g/mol. The largest absolute Gasteiger partial charge is 0.468 e. The van der Waals surface area contributed by atoms with Gasteiger partial charge in [-0.25, -0.2) is 0 Å². The van der Waals surface area contributed by atoms with Gasteiger partial charge in [0, 0.05) is 10.5 Å². The predicted molar refractivity (Wildman–Crippen MR) is 74.2 cm³/mol. The number of benzene rings is 1. The Morgan fingerprint density at radius 1 is 1.28 bits per heavy atom. The number of aliphatic hydroxyl groups excluding tert-OH is 1. The van der Waals surface area contributed by atoms with Crippen molar-refractivity contribution in [2.75, 3.05) is 6.61 Å². The zero-order valence-corrected chi connectivity index (χ0v) is 11.7. The Morgan fingerprint density at radius 2 is 2.00 bits per heavy atom. The minimum atomic E-state index is -0.182. The second-order valence-corrected chi connectivity index (χ2v) is 5.11. The Hall–Kier alpha value is -1.10. The Kier molecular flexibility index (Phi) is 4.58. The van der Waals surface area contributed by atoms with E-state index >= 15 is 0 Å². The van der Waals surface area contributed by atoms with E-state index in [4.69, 9.17) is 4.42 Å². The second kappa shape index (κ2) is 6.18. The molecule has 1 aromatic carbocycles. The summed E-state index contributed by atoms with van der Waals surface area (Å²) < 4.78 is 6.37. The van der Waals surface area contributed by atoms with Crippen molar-refractivity contribution in [1.29, 1.82) is 0 Å². The van der Waals surface area contributed by atoms with E-state index in [1.54, 1.807) is 6.26 Å². The van der Waals surface area contributed by atoms with Crippen LogP contribution in [-0.2, 0) is 0 Å². The molecule has 0 spiro atoms. The van der Waals surface area contributed by atoms with Crippen molar-refractivity contribution >= 4 is 15.9 Å². The molecule has 1 aromatic heterocycles. The highest BCUT2D eigenvalue weighted by Crippen LogP contribution is 2.21. The second-order valence-electron chi connectivity index (χ2n) is 4.19. The smallest absolute Gasteiger partial charge is 0.123 e. The minimum absolute atomic E-state index is 0.00831. The van der Waals surface area contributed by atoms with Gasteiger partial charge in [0.05, 0.1) is 18.9 Å². The van der Waals surface area contributed by atoms with Gasteiger partial charge in [-0.1, -0.05) is 28.1 Å². The van der Waals surface area contributed by atoms with Gasteiger partial charge in [-0.2, -0.15) is 0 Å². The van der Waals surface area contributed by atoms with E-state index in [2.05, 4.69) is 40.3 Å². The molecule has 2 rings (SSSR count). The van der Waals surface area contributed by atoms with Gasteiger partial charge < -0.3 is 9.52 Å². The summed E-state index contributed by atoms with van der Waals surface area (Å²) in [5.41, 5.74) is 1.17. The van der Waals surface area contributed by atoms with Gasteiger partial charge in [0.25, 0.3) is 0 Å². The molecule has 0 radical (unpaired) electrons. The van der Waals surface area contributed by atoms with E-state index in [1.165, 1.54) is 5.56 Å². The van der Waals surface area contributed by atoms with Crippen LogP contribution >= 0.6 is 15.9 Å². The molecule has 2 aromatic rings. The molecule has 0 fully saturated rings. The van der Waals surface area contributed by atoms with E-state index in [9.17, 15) is 5.11 Å². The Balaban J connectivity index is 2.05. The Bertz CT molecular complexity index is 467. The monoisotopic (exact) mass is 309 g/mol. The third kappa shape index (κ3) is 3.22. The molecule has 0 bridgehead atoms. The van der Waals surface area contributed by atoms with Gasteiger partial charge >= 0.3 is 0 Å². The zero-order chi connectivity index (χ0) is 13.0. The lowest BCUT2D eigenvalue weighted by atomic mass is 10.1. The summed E-state index contributed by atoms with van der Waals surface area (Å²) in [5, 5.41) is 12.8. The quantitative estimate of drug-likeness (QED) is 0.889. The number of furan rings is 1. The molecule has 0 saturated heterocycles. The van der Waals surface area contributed by atoms with Crippen LogP contribution in [0, 0.1) is 0 Å². The first kappa shape index (κ1) is 13.3. The fourth-order valence-corrected chi connectivity index (χ4v) is 2.13. The van der Waals surface area contributed by atoms with E-state index in [0.717, 1.165) is 10.2 Å². The molecule has 0 aliphatic rings. The number of hydrogen-bond acceptors (Lipinski definition) is 3.